The topological polar surface area (TPSA) is 28.2 Å². The highest BCUT2D eigenvalue weighted by atomic mass is 15.2. The molecule has 1 saturated heterocycles. The van der Waals surface area contributed by atoms with Crippen LogP contribution in [0, 0.1) is 5.92 Å². The molecule has 3 heteroatoms. The summed E-state index contributed by atoms with van der Waals surface area (Å²) in [4.78, 5) is 7.28. The fourth-order valence-electron chi connectivity index (χ4n) is 2.61. The summed E-state index contributed by atoms with van der Waals surface area (Å²) in [6.07, 6.45) is 2.60. The third-order valence-corrected chi connectivity index (χ3v) is 3.79. The first kappa shape index (κ1) is 15.3. The lowest BCUT2D eigenvalue weighted by Crippen LogP contribution is -2.22. The van der Waals surface area contributed by atoms with Crippen LogP contribution in [0.15, 0.2) is 12.1 Å². The van der Waals surface area contributed by atoms with Crippen molar-refractivity contribution in [2.75, 3.05) is 24.5 Å². The molecule has 0 aromatic carbocycles. The van der Waals surface area contributed by atoms with Gasteiger partial charge in [-0.1, -0.05) is 27.7 Å². The van der Waals surface area contributed by atoms with Crippen molar-refractivity contribution in [1.82, 2.24) is 10.3 Å². The fourth-order valence-corrected chi connectivity index (χ4v) is 2.61. The average molecular weight is 275 g/mol. The first-order valence-electron chi connectivity index (χ1n) is 8.02. The Bertz CT molecular complexity index is 420. The lowest BCUT2D eigenvalue weighted by atomic mass is 10.1. The predicted molar refractivity (Wildman–Crippen MR) is 86.3 cm³/mol. The lowest BCUT2D eigenvalue weighted by molar-refractivity contribution is 0.552. The number of nitrogens with one attached hydrogen (secondary N) is 1. The largest absolute Gasteiger partial charge is 0.357 e. The maximum absolute atomic E-state index is 4.86. The molecule has 2 rings (SSSR count). The van der Waals surface area contributed by atoms with Crippen LogP contribution in [-0.4, -0.2) is 24.6 Å². The zero-order valence-electron chi connectivity index (χ0n) is 13.4. The molecule has 1 fully saturated rings. The van der Waals surface area contributed by atoms with Crippen LogP contribution in [0.1, 0.15) is 57.7 Å². The second-order valence-corrected chi connectivity index (χ2v) is 6.63. The van der Waals surface area contributed by atoms with Crippen LogP contribution in [-0.2, 0) is 6.54 Å². The minimum Gasteiger partial charge on any atom is -0.357 e. The zero-order chi connectivity index (χ0) is 14.5. The minimum atomic E-state index is 0.487. The summed E-state index contributed by atoms with van der Waals surface area (Å²) in [6, 6.07) is 4.53. The monoisotopic (exact) mass is 275 g/mol. The van der Waals surface area contributed by atoms with E-state index in [2.05, 4.69) is 50.0 Å². The van der Waals surface area contributed by atoms with E-state index in [0.717, 1.165) is 26.2 Å². The van der Waals surface area contributed by atoms with Gasteiger partial charge in [0.25, 0.3) is 0 Å². The molecular formula is C17H29N3. The van der Waals surface area contributed by atoms with Gasteiger partial charge < -0.3 is 10.2 Å². The van der Waals surface area contributed by atoms with Crippen LogP contribution >= 0.6 is 0 Å². The van der Waals surface area contributed by atoms with Gasteiger partial charge in [-0.2, -0.15) is 0 Å². The Balaban J connectivity index is 2.12. The number of hydrogen-bond donors (Lipinski definition) is 1. The number of anilines is 1. The Morgan fingerprint density at radius 3 is 2.45 bits per heavy atom. The average Bonchev–Trinajstić information content (AvgIpc) is 2.91. The highest BCUT2D eigenvalue weighted by Gasteiger charge is 2.15. The Morgan fingerprint density at radius 1 is 1.15 bits per heavy atom. The summed E-state index contributed by atoms with van der Waals surface area (Å²) < 4.78 is 0. The molecule has 0 saturated carbocycles. The Kier molecular flexibility index (Phi) is 5.41. The van der Waals surface area contributed by atoms with Crippen molar-refractivity contribution in [2.45, 2.75) is 53.0 Å². The van der Waals surface area contributed by atoms with E-state index in [1.807, 2.05) is 0 Å². The Hall–Kier alpha value is -1.09. The van der Waals surface area contributed by atoms with Crippen LogP contribution < -0.4 is 10.2 Å². The first-order chi connectivity index (χ1) is 9.56. The molecule has 0 atom stereocenters. The maximum atomic E-state index is 4.86. The van der Waals surface area contributed by atoms with E-state index in [4.69, 9.17) is 4.98 Å². The SMILES string of the molecule is CC(C)CNCc1cc(C(C)C)nc(N2CCCC2)c1. The summed E-state index contributed by atoms with van der Waals surface area (Å²) >= 11 is 0. The molecule has 2 heterocycles. The molecule has 20 heavy (non-hydrogen) atoms. The molecule has 0 unspecified atom stereocenters. The molecule has 0 spiro atoms. The molecule has 0 radical (unpaired) electrons. The van der Waals surface area contributed by atoms with Crippen LogP contribution in [0.5, 0.6) is 0 Å². The van der Waals surface area contributed by atoms with E-state index >= 15 is 0 Å². The molecule has 0 bridgehead atoms. The third kappa shape index (κ3) is 4.20. The van der Waals surface area contributed by atoms with E-state index in [9.17, 15) is 0 Å². The van der Waals surface area contributed by atoms with Crippen LogP contribution in [0.4, 0.5) is 5.82 Å². The van der Waals surface area contributed by atoms with Crippen molar-refractivity contribution in [3.8, 4) is 0 Å². The second kappa shape index (κ2) is 7.07. The summed E-state index contributed by atoms with van der Waals surface area (Å²) in [5.74, 6) is 2.36. The molecule has 1 N–H and O–H groups in total. The predicted octanol–water partition coefficient (Wildman–Crippen LogP) is 3.55. The molecule has 1 aromatic heterocycles. The van der Waals surface area contributed by atoms with Gasteiger partial charge >= 0.3 is 0 Å². The fraction of sp³-hybridized carbons (Fsp3) is 0.706. The molecule has 0 aliphatic carbocycles. The summed E-state index contributed by atoms with van der Waals surface area (Å²) in [5, 5.41) is 3.54. The van der Waals surface area contributed by atoms with Crippen molar-refractivity contribution < 1.29 is 0 Å². The Morgan fingerprint density at radius 2 is 1.85 bits per heavy atom. The van der Waals surface area contributed by atoms with Gasteiger partial charge in [0, 0.05) is 25.3 Å². The van der Waals surface area contributed by atoms with Gasteiger partial charge in [0.1, 0.15) is 5.82 Å². The molecule has 1 aromatic rings. The van der Waals surface area contributed by atoms with Crippen molar-refractivity contribution in [1.29, 1.82) is 0 Å². The van der Waals surface area contributed by atoms with Gasteiger partial charge in [-0.25, -0.2) is 4.98 Å². The molecule has 1 aliphatic rings. The number of nitrogens with zero attached hydrogens (tertiary/aromatic N) is 2. The molecule has 0 amide bonds. The summed E-state index contributed by atoms with van der Waals surface area (Å²) in [5.41, 5.74) is 2.59. The maximum Gasteiger partial charge on any atom is 0.129 e. The lowest BCUT2D eigenvalue weighted by Gasteiger charge is -2.20. The number of aromatic nitrogens is 1. The van der Waals surface area contributed by atoms with Crippen LogP contribution in [0.3, 0.4) is 0 Å². The van der Waals surface area contributed by atoms with E-state index in [-0.39, 0.29) is 0 Å². The quantitative estimate of drug-likeness (QED) is 0.860. The van der Waals surface area contributed by atoms with Gasteiger partial charge in [0.2, 0.25) is 0 Å². The highest BCUT2D eigenvalue weighted by molar-refractivity contribution is 5.44. The van der Waals surface area contributed by atoms with Crippen molar-refractivity contribution in [2.24, 2.45) is 5.92 Å². The van der Waals surface area contributed by atoms with E-state index < -0.39 is 0 Å². The van der Waals surface area contributed by atoms with Gasteiger partial charge in [-0.3, -0.25) is 0 Å². The van der Waals surface area contributed by atoms with Gasteiger partial charge in [-0.15, -0.1) is 0 Å². The van der Waals surface area contributed by atoms with Crippen molar-refractivity contribution in [3.05, 3.63) is 23.4 Å². The number of pyridine rings is 1. The van der Waals surface area contributed by atoms with E-state index in [0.29, 0.717) is 11.8 Å². The van der Waals surface area contributed by atoms with Gasteiger partial charge in [0.05, 0.1) is 0 Å². The Labute approximate surface area is 123 Å². The first-order valence-corrected chi connectivity index (χ1v) is 8.02. The van der Waals surface area contributed by atoms with Crippen LogP contribution in [0.2, 0.25) is 0 Å². The second-order valence-electron chi connectivity index (χ2n) is 6.63. The standard InChI is InChI=1S/C17H29N3/c1-13(2)11-18-12-15-9-16(14(3)4)19-17(10-15)20-7-5-6-8-20/h9-10,13-14,18H,5-8,11-12H2,1-4H3. The normalized spacial score (nSPS) is 15.6. The van der Waals surface area contributed by atoms with E-state index in [1.165, 1.54) is 29.9 Å². The van der Waals surface area contributed by atoms with Crippen molar-refractivity contribution >= 4 is 5.82 Å². The highest BCUT2D eigenvalue weighted by Crippen LogP contribution is 2.23. The van der Waals surface area contributed by atoms with Gasteiger partial charge in [0.15, 0.2) is 0 Å². The van der Waals surface area contributed by atoms with Crippen molar-refractivity contribution in [3.63, 3.8) is 0 Å². The van der Waals surface area contributed by atoms with Gasteiger partial charge in [-0.05, 0) is 48.9 Å². The van der Waals surface area contributed by atoms with E-state index in [1.54, 1.807) is 0 Å². The van der Waals surface area contributed by atoms with Crippen LogP contribution in [0.25, 0.3) is 0 Å². The number of rotatable bonds is 6. The summed E-state index contributed by atoms with van der Waals surface area (Å²) in [6.45, 7) is 13.3. The molecule has 3 nitrogen and oxygen atoms in total. The summed E-state index contributed by atoms with van der Waals surface area (Å²) in [7, 11) is 0. The molecular weight excluding hydrogens is 246 g/mol. The third-order valence-electron chi connectivity index (χ3n) is 3.79. The molecule has 1 aliphatic heterocycles. The minimum absolute atomic E-state index is 0.487. The molecule has 112 valence electrons. The number of hydrogen-bond acceptors (Lipinski definition) is 3. The smallest absolute Gasteiger partial charge is 0.129 e. The zero-order valence-corrected chi connectivity index (χ0v) is 13.4.